The standard InChI is InChI=1S/C39H32ClNO/c1-38(2)34-23-20-27-14-10-11-17-32(27)36(34)41(3)39(38)25-30(26-12-6-4-7-13-26)24-33(28-18-21-31(40)22-19-28)35(39)37(42)29-15-8-5-9-16-29/h4-25,35H,1-3H3/t35-,39-/m0/s1. The third kappa shape index (κ3) is 3.82. The molecule has 0 saturated carbocycles. The molecule has 0 saturated heterocycles. The Balaban J connectivity index is 1.57. The molecule has 0 amide bonds. The second-order valence-electron chi connectivity index (χ2n) is 11.9. The maximum Gasteiger partial charge on any atom is 0.173 e. The number of benzene rings is 5. The summed E-state index contributed by atoms with van der Waals surface area (Å²) < 4.78 is 0. The van der Waals surface area contributed by atoms with Crippen molar-refractivity contribution in [2.45, 2.75) is 24.8 Å². The van der Waals surface area contributed by atoms with Gasteiger partial charge in [0, 0.05) is 34.1 Å². The Labute approximate surface area is 252 Å². The molecule has 0 N–H and O–H groups in total. The molecule has 1 heterocycles. The molecular weight excluding hydrogens is 534 g/mol. The number of Topliss-reactive ketones (excluding diaryl/α,β-unsaturated/α-hetero) is 1. The van der Waals surface area contributed by atoms with Crippen LogP contribution in [0.15, 0.2) is 133 Å². The minimum atomic E-state index is -0.707. The van der Waals surface area contributed by atoms with Gasteiger partial charge in [-0.2, -0.15) is 0 Å². The molecule has 1 spiro atoms. The van der Waals surface area contributed by atoms with Crippen LogP contribution in [0.25, 0.3) is 21.9 Å². The van der Waals surface area contributed by atoms with Gasteiger partial charge < -0.3 is 4.90 Å². The van der Waals surface area contributed by atoms with Crippen LogP contribution >= 0.6 is 11.6 Å². The molecule has 5 aromatic carbocycles. The van der Waals surface area contributed by atoms with Crippen molar-refractivity contribution in [3.8, 4) is 0 Å². The molecule has 1 aliphatic carbocycles. The van der Waals surface area contributed by atoms with Crippen molar-refractivity contribution in [2.24, 2.45) is 5.92 Å². The van der Waals surface area contributed by atoms with E-state index in [9.17, 15) is 4.79 Å². The van der Waals surface area contributed by atoms with E-state index in [2.05, 4.69) is 98.6 Å². The van der Waals surface area contributed by atoms with E-state index in [1.807, 2.05) is 60.7 Å². The van der Waals surface area contributed by atoms with Gasteiger partial charge >= 0.3 is 0 Å². The lowest BCUT2D eigenvalue weighted by atomic mass is 9.57. The first-order valence-corrected chi connectivity index (χ1v) is 14.8. The Kier molecular flexibility index (Phi) is 6.22. The van der Waals surface area contributed by atoms with Crippen molar-refractivity contribution < 1.29 is 4.79 Å². The van der Waals surface area contributed by atoms with Gasteiger partial charge in [0.1, 0.15) is 0 Å². The van der Waals surface area contributed by atoms with Crippen LogP contribution in [-0.2, 0) is 5.41 Å². The number of hydrogen-bond acceptors (Lipinski definition) is 2. The Morgan fingerprint density at radius 2 is 1.38 bits per heavy atom. The fourth-order valence-electron chi connectivity index (χ4n) is 7.42. The highest BCUT2D eigenvalue weighted by Gasteiger charge is 2.62. The van der Waals surface area contributed by atoms with E-state index < -0.39 is 16.9 Å². The molecule has 206 valence electrons. The number of likely N-dealkylation sites (N-methyl/N-ethyl adjacent to an activating group) is 1. The zero-order valence-corrected chi connectivity index (χ0v) is 24.8. The molecule has 2 aliphatic rings. The molecule has 0 radical (unpaired) electrons. The number of halogens is 1. The summed E-state index contributed by atoms with van der Waals surface area (Å²) in [5, 5.41) is 3.07. The van der Waals surface area contributed by atoms with Gasteiger partial charge in [-0.1, -0.05) is 135 Å². The number of rotatable bonds is 4. The van der Waals surface area contributed by atoms with Gasteiger partial charge in [0.15, 0.2) is 5.78 Å². The van der Waals surface area contributed by atoms with Crippen molar-refractivity contribution >= 4 is 45.0 Å². The van der Waals surface area contributed by atoms with Gasteiger partial charge in [-0.25, -0.2) is 0 Å². The van der Waals surface area contributed by atoms with Gasteiger partial charge in [0.25, 0.3) is 0 Å². The van der Waals surface area contributed by atoms with Crippen molar-refractivity contribution in [3.05, 3.63) is 161 Å². The van der Waals surface area contributed by atoms with Crippen LogP contribution in [0.5, 0.6) is 0 Å². The lowest BCUT2D eigenvalue weighted by Crippen LogP contribution is -2.61. The third-order valence-corrected chi connectivity index (χ3v) is 9.76. The zero-order valence-electron chi connectivity index (χ0n) is 24.0. The van der Waals surface area contributed by atoms with E-state index in [4.69, 9.17) is 11.6 Å². The maximum atomic E-state index is 15.0. The second-order valence-corrected chi connectivity index (χ2v) is 12.4. The summed E-state index contributed by atoms with van der Waals surface area (Å²) in [5.41, 5.74) is 6.24. The van der Waals surface area contributed by atoms with Crippen LogP contribution in [0.4, 0.5) is 5.69 Å². The lowest BCUT2D eigenvalue weighted by molar-refractivity contribution is 0.0885. The zero-order chi connectivity index (χ0) is 29.1. The molecule has 0 bridgehead atoms. The average molecular weight is 566 g/mol. The second kappa shape index (κ2) is 9.86. The van der Waals surface area contributed by atoms with Crippen LogP contribution in [0.3, 0.4) is 0 Å². The highest BCUT2D eigenvalue weighted by molar-refractivity contribution is 6.30. The molecule has 5 aromatic rings. The largest absolute Gasteiger partial charge is 0.363 e. The van der Waals surface area contributed by atoms with Crippen LogP contribution in [-0.4, -0.2) is 18.4 Å². The number of fused-ring (bicyclic) bond motifs is 3. The SMILES string of the molecule is CN1c2c(ccc3ccccc23)C(C)(C)[C@@]12C=C(c1ccccc1)C=C(c1ccc(Cl)cc1)[C@H]2C(=O)c1ccccc1. The van der Waals surface area contributed by atoms with Gasteiger partial charge in [0.05, 0.1) is 11.5 Å². The monoisotopic (exact) mass is 565 g/mol. The molecular formula is C39H32ClNO. The molecule has 0 fully saturated rings. The smallest absolute Gasteiger partial charge is 0.173 e. The number of nitrogens with zero attached hydrogens (tertiary/aromatic N) is 1. The minimum Gasteiger partial charge on any atom is -0.363 e. The maximum absolute atomic E-state index is 15.0. The minimum absolute atomic E-state index is 0.109. The predicted molar refractivity (Wildman–Crippen MR) is 176 cm³/mol. The quantitative estimate of drug-likeness (QED) is 0.202. The Morgan fingerprint density at radius 1 is 0.738 bits per heavy atom. The van der Waals surface area contributed by atoms with Crippen LogP contribution in [0.1, 0.15) is 40.9 Å². The van der Waals surface area contributed by atoms with Gasteiger partial charge in [-0.15, -0.1) is 0 Å². The van der Waals surface area contributed by atoms with E-state index in [1.54, 1.807) is 0 Å². The summed E-state index contributed by atoms with van der Waals surface area (Å²) in [5.74, 6) is -0.378. The molecule has 2 nitrogen and oxygen atoms in total. The van der Waals surface area contributed by atoms with E-state index >= 15 is 0 Å². The predicted octanol–water partition coefficient (Wildman–Crippen LogP) is 9.64. The Bertz CT molecular complexity index is 1890. The number of carbonyl (C=O) groups is 1. The van der Waals surface area contributed by atoms with Gasteiger partial charge in [0.2, 0.25) is 0 Å². The van der Waals surface area contributed by atoms with E-state index in [0.717, 1.165) is 22.3 Å². The van der Waals surface area contributed by atoms with E-state index in [-0.39, 0.29) is 5.78 Å². The summed E-state index contributed by atoms with van der Waals surface area (Å²) >= 11 is 6.37. The summed E-state index contributed by atoms with van der Waals surface area (Å²) in [4.78, 5) is 17.4. The van der Waals surface area contributed by atoms with Gasteiger partial charge in [-0.3, -0.25) is 4.79 Å². The third-order valence-electron chi connectivity index (χ3n) is 9.51. The van der Waals surface area contributed by atoms with Crippen molar-refractivity contribution in [1.82, 2.24) is 0 Å². The number of allylic oxidation sites excluding steroid dienone is 2. The van der Waals surface area contributed by atoms with E-state index in [1.165, 1.54) is 22.0 Å². The van der Waals surface area contributed by atoms with Crippen molar-refractivity contribution in [3.63, 3.8) is 0 Å². The summed E-state index contributed by atoms with van der Waals surface area (Å²) in [7, 11) is 2.18. The fourth-order valence-corrected chi connectivity index (χ4v) is 7.55. The van der Waals surface area contributed by atoms with Crippen LogP contribution in [0.2, 0.25) is 5.02 Å². The molecule has 0 unspecified atom stereocenters. The normalized spacial score (nSPS) is 20.8. The number of carbonyl (C=O) groups excluding carboxylic acids is 1. The molecule has 42 heavy (non-hydrogen) atoms. The van der Waals surface area contributed by atoms with Crippen LogP contribution < -0.4 is 4.90 Å². The molecule has 3 heteroatoms. The highest BCUT2D eigenvalue weighted by atomic mass is 35.5. The molecule has 1 aliphatic heterocycles. The molecule has 7 rings (SSSR count). The first kappa shape index (κ1) is 26.5. The molecule has 0 aromatic heterocycles. The Morgan fingerprint density at radius 3 is 2.10 bits per heavy atom. The fraction of sp³-hybridized carbons (Fsp3) is 0.154. The summed E-state index contributed by atoms with van der Waals surface area (Å²) in [6.45, 7) is 4.61. The van der Waals surface area contributed by atoms with Crippen molar-refractivity contribution in [2.75, 3.05) is 11.9 Å². The number of ketones is 1. The van der Waals surface area contributed by atoms with Crippen molar-refractivity contribution in [1.29, 1.82) is 0 Å². The number of anilines is 1. The highest BCUT2D eigenvalue weighted by Crippen LogP contribution is 2.61. The summed E-state index contributed by atoms with van der Waals surface area (Å²) in [6.07, 6.45) is 4.60. The Hall–Kier alpha value is -4.40. The average Bonchev–Trinajstić information content (AvgIpc) is 3.19. The topological polar surface area (TPSA) is 20.3 Å². The van der Waals surface area contributed by atoms with Gasteiger partial charge in [-0.05, 0) is 57.5 Å². The first-order chi connectivity index (χ1) is 20.3. The number of hydrogen-bond donors (Lipinski definition) is 0. The van der Waals surface area contributed by atoms with Crippen LogP contribution in [0, 0.1) is 5.92 Å². The van der Waals surface area contributed by atoms with E-state index in [0.29, 0.717) is 10.6 Å². The lowest BCUT2D eigenvalue weighted by Gasteiger charge is -2.52. The molecule has 2 atom stereocenters. The first-order valence-electron chi connectivity index (χ1n) is 14.4. The summed E-state index contributed by atoms with van der Waals surface area (Å²) in [6, 6.07) is 41.2.